The molecule has 1 aliphatic heterocycles. The van der Waals surface area contributed by atoms with Gasteiger partial charge in [0.15, 0.2) is 4.91 Å². The molecule has 1 fully saturated rings. The molecule has 0 spiro atoms. The Morgan fingerprint density at radius 2 is 1.79 bits per heavy atom. The highest BCUT2D eigenvalue weighted by atomic mass is 32.2. The van der Waals surface area contributed by atoms with Gasteiger partial charge in [-0.15, -0.1) is 0 Å². The van der Waals surface area contributed by atoms with Crippen molar-refractivity contribution in [1.82, 2.24) is 4.90 Å². The van der Waals surface area contributed by atoms with Crippen molar-refractivity contribution in [2.75, 3.05) is 13.1 Å². The lowest BCUT2D eigenvalue weighted by molar-refractivity contribution is 0.309. The Bertz CT molecular complexity index is 594. The van der Waals surface area contributed by atoms with Crippen molar-refractivity contribution in [3.63, 3.8) is 0 Å². The van der Waals surface area contributed by atoms with Gasteiger partial charge in [-0.2, -0.15) is 5.26 Å². The first-order valence-electron chi connectivity index (χ1n) is 6.31. The first-order valence-corrected chi connectivity index (χ1v) is 7.79. The third kappa shape index (κ3) is 3.15. The zero-order chi connectivity index (χ0) is 13.7. The van der Waals surface area contributed by atoms with Gasteiger partial charge < -0.3 is 4.90 Å². The molecule has 0 aromatic heterocycles. The Morgan fingerprint density at radius 1 is 1.16 bits per heavy atom. The molecular formula is C14H16N2O2S. The van der Waals surface area contributed by atoms with Crippen LogP contribution in [0.3, 0.4) is 0 Å². The van der Waals surface area contributed by atoms with E-state index in [4.69, 9.17) is 5.26 Å². The number of sulfone groups is 1. The van der Waals surface area contributed by atoms with Crippen LogP contribution in [0.1, 0.15) is 19.3 Å². The van der Waals surface area contributed by atoms with E-state index in [1.54, 1.807) is 18.2 Å². The maximum Gasteiger partial charge on any atom is 0.218 e. The highest BCUT2D eigenvalue weighted by Gasteiger charge is 2.21. The van der Waals surface area contributed by atoms with Gasteiger partial charge in [0.25, 0.3) is 0 Å². The van der Waals surface area contributed by atoms with Crippen LogP contribution in [0.5, 0.6) is 0 Å². The molecule has 19 heavy (non-hydrogen) atoms. The van der Waals surface area contributed by atoms with E-state index >= 15 is 0 Å². The summed E-state index contributed by atoms with van der Waals surface area (Å²) in [4.78, 5) is 1.91. The van der Waals surface area contributed by atoms with E-state index < -0.39 is 9.84 Å². The van der Waals surface area contributed by atoms with Crippen LogP contribution < -0.4 is 0 Å². The van der Waals surface area contributed by atoms with Crippen LogP contribution in [0.25, 0.3) is 0 Å². The molecule has 4 nitrogen and oxygen atoms in total. The summed E-state index contributed by atoms with van der Waals surface area (Å²) in [5.41, 5.74) is 0. The summed E-state index contributed by atoms with van der Waals surface area (Å²) < 4.78 is 24.6. The highest BCUT2D eigenvalue weighted by Crippen LogP contribution is 2.20. The number of nitrogens with zero attached hydrogens (tertiary/aromatic N) is 2. The summed E-state index contributed by atoms with van der Waals surface area (Å²) in [6.07, 6.45) is 4.74. The summed E-state index contributed by atoms with van der Waals surface area (Å²) in [6.45, 7) is 1.63. The van der Waals surface area contributed by atoms with Gasteiger partial charge in [-0.3, -0.25) is 0 Å². The predicted octanol–water partition coefficient (Wildman–Crippen LogP) is 2.31. The van der Waals surface area contributed by atoms with Crippen molar-refractivity contribution >= 4 is 9.84 Å². The van der Waals surface area contributed by atoms with Crippen LogP contribution in [0.4, 0.5) is 0 Å². The fraction of sp³-hybridized carbons (Fsp3) is 0.357. The van der Waals surface area contributed by atoms with Gasteiger partial charge in [0.1, 0.15) is 6.07 Å². The molecule has 1 aromatic rings. The number of rotatable bonds is 3. The summed E-state index contributed by atoms with van der Waals surface area (Å²) in [6, 6.07) is 9.90. The number of likely N-dealkylation sites (tertiary alicyclic amines) is 1. The summed E-state index contributed by atoms with van der Waals surface area (Å²) in [5, 5.41) is 9.13. The molecule has 0 aliphatic carbocycles. The maximum atomic E-state index is 12.3. The van der Waals surface area contributed by atoms with Crippen LogP contribution in [0, 0.1) is 11.3 Å². The van der Waals surface area contributed by atoms with Crippen molar-refractivity contribution in [2.24, 2.45) is 0 Å². The smallest absolute Gasteiger partial charge is 0.218 e. The van der Waals surface area contributed by atoms with Crippen LogP contribution in [-0.2, 0) is 9.84 Å². The van der Waals surface area contributed by atoms with E-state index in [0.29, 0.717) is 0 Å². The molecule has 0 N–H and O–H groups in total. The standard InChI is InChI=1S/C14H16N2O2S/c15-11-14(12-16-9-5-2-6-10-16)19(17,18)13-7-3-1-4-8-13/h1,3-4,7-8,12H,2,5-6,9-10H2/b14-12+. The average Bonchev–Trinajstić information content (AvgIpc) is 2.46. The van der Waals surface area contributed by atoms with Gasteiger partial charge in [-0.1, -0.05) is 18.2 Å². The number of allylic oxidation sites excluding steroid dienone is 1. The van der Waals surface area contributed by atoms with Gasteiger partial charge in [-0.05, 0) is 31.4 Å². The summed E-state index contributed by atoms with van der Waals surface area (Å²) >= 11 is 0. The zero-order valence-corrected chi connectivity index (χ0v) is 11.4. The lowest BCUT2D eigenvalue weighted by Crippen LogP contribution is -2.25. The fourth-order valence-electron chi connectivity index (χ4n) is 2.10. The Morgan fingerprint density at radius 3 is 2.37 bits per heavy atom. The Hall–Kier alpha value is -1.80. The molecule has 1 heterocycles. The van der Waals surface area contributed by atoms with Gasteiger partial charge in [-0.25, -0.2) is 8.42 Å². The van der Waals surface area contributed by atoms with E-state index in [1.165, 1.54) is 18.3 Å². The predicted molar refractivity (Wildman–Crippen MR) is 72.7 cm³/mol. The molecule has 2 rings (SSSR count). The Kier molecular flexibility index (Phi) is 4.23. The van der Waals surface area contributed by atoms with Crippen molar-refractivity contribution < 1.29 is 8.42 Å². The maximum absolute atomic E-state index is 12.3. The van der Waals surface area contributed by atoms with E-state index in [1.807, 2.05) is 11.0 Å². The monoisotopic (exact) mass is 276 g/mol. The lowest BCUT2D eigenvalue weighted by atomic mass is 10.1. The SMILES string of the molecule is N#C/C(=C\N1CCCCC1)S(=O)(=O)c1ccccc1. The van der Waals surface area contributed by atoms with Crippen LogP contribution in [0.2, 0.25) is 0 Å². The molecule has 0 atom stereocenters. The third-order valence-corrected chi connectivity index (χ3v) is 4.81. The molecule has 0 bridgehead atoms. The van der Waals surface area contributed by atoms with Crippen molar-refractivity contribution in [2.45, 2.75) is 24.2 Å². The molecule has 0 saturated carbocycles. The summed E-state index contributed by atoms with van der Waals surface area (Å²) in [7, 11) is -3.69. The minimum Gasteiger partial charge on any atom is -0.376 e. The number of piperidine rings is 1. The molecular weight excluding hydrogens is 260 g/mol. The molecule has 0 amide bonds. The van der Waals surface area contributed by atoms with Crippen LogP contribution in [-0.4, -0.2) is 26.4 Å². The van der Waals surface area contributed by atoms with E-state index in [-0.39, 0.29) is 9.80 Å². The Labute approximate surface area is 113 Å². The van der Waals surface area contributed by atoms with E-state index in [0.717, 1.165) is 32.4 Å². The van der Waals surface area contributed by atoms with Crippen molar-refractivity contribution in [3.8, 4) is 6.07 Å². The average molecular weight is 276 g/mol. The van der Waals surface area contributed by atoms with Gasteiger partial charge in [0.2, 0.25) is 9.84 Å². The van der Waals surface area contributed by atoms with Gasteiger partial charge in [0.05, 0.1) is 4.90 Å². The molecule has 100 valence electrons. The van der Waals surface area contributed by atoms with Crippen LogP contribution in [0.15, 0.2) is 46.3 Å². The second kappa shape index (κ2) is 5.89. The quantitative estimate of drug-likeness (QED) is 0.795. The second-order valence-electron chi connectivity index (χ2n) is 4.52. The minimum atomic E-state index is -3.69. The second-order valence-corrected chi connectivity index (χ2v) is 6.44. The number of benzene rings is 1. The van der Waals surface area contributed by atoms with Gasteiger partial charge >= 0.3 is 0 Å². The molecule has 1 aliphatic rings. The number of nitriles is 1. The normalized spacial score (nSPS) is 17.0. The minimum absolute atomic E-state index is 0.166. The lowest BCUT2D eigenvalue weighted by Gasteiger charge is -2.25. The molecule has 0 radical (unpaired) electrons. The zero-order valence-electron chi connectivity index (χ0n) is 10.6. The molecule has 0 unspecified atom stereocenters. The van der Waals surface area contributed by atoms with Crippen LogP contribution >= 0.6 is 0 Å². The number of hydrogen-bond donors (Lipinski definition) is 0. The van der Waals surface area contributed by atoms with E-state index in [2.05, 4.69) is 0 Å². The van der Waals surface area contributed by atoms with Gasteiger partial charge in [0, 0.05) is 19.3 Å². The topological polar surface area (TPSA) is 61.2 Å². The van der Waals surface area contributed by atoms with E-state index in [9.17, 15) is 8.42 Å². The first-order chi connectivity index (χ1) is 9.14. The first kappa shape index (κ1) is 13.6. The third-order valence-electron chi connectivity index (χ3n) is 3.14. The fourth-order valence-corrected chi connectivity index (χ4v) is 3.28. The largest absolute Gasteiger partial charge is 0.376 e. The molecule has 5 heteroatoms. The highest BCUT2D eigenvalue weighted by molar-refractivity contribution is 7.95. The Balaban J connectivity index is 2.31. The summed E-state index contributed by atoms with van der Waals surface area (Å²) in [5.74, 6) is 0. The molecule has 1 aromatic carbocycles. The molecule has 1 saturated heterocycles. The van der Waals surface area contributed by atoms with Crippen molar-refractivity contribution in [3.05, 3.63) is 41.4 Å². The van der Waals surface area contributed by atoms with Crippen molar-refractivity contribution in [1.29, 1.82) is 5.26 Å². The number of hydrogen-bond acceptors (Lipinski definition) is 4.